The molecule has 0 radical (unpaired) electrons. The second-order valence-corrected chi connectivity index (χ2v) is 5.95. The number of hydrogen-bond acceptors (Lipinski definition) is 4. The number of hydrogen-bond donors (Lipinski definition) is 1. The van der Waals surface area contributed by atoms with E-state index in [0.717, 1.165) is 35.3 Å². The number of para-hydroxylation sites is 1. The van der Waals surface area contributed by atoms with Crippen molar-refractivity contribution < 1.29 is 19.4 Å². The molecule has 5 nitrogen and oxygen atoms in total. The normalized spacial score (nSPS) is 11.5. The number of fused-ring (bicyclic) bond motifs is 1. The van der Waals surface area contributed by atoms with Gasteiger partial charge in [0.2, 0.25) is 0 Å². The zero-order chi connectivity index (χ0) is 18.7. The van der Waals surface area contributed by atoms with Crippen LogP contribution in [0.4, 0.5) is 0 Å². The molecule has 26 heavy (non-hydrogen) atoms. The molecule has 0 unspecified atom stereocenters. The van der Waals surface area contributed by atoms with Crippen molar-refractivity contribution in [3.8, 4) is 0 Å². The van der Waals surface area contributed by atoms with Crippen LogP contribution in [0.15, 0.2) is 60.7 Å². The molecule has 0 saturated carbocycles. The minimum absolute atomic E-state index is 0.247. The number of aliphatic hydroxyl groups excluding tert-OH is 1. The van der Waals surface area contributed by atoms with Gasteiger partial charge in [0, 0.05) is 41.7 Å². The van der Waals surface area contributed by atoms with Gasteiger partial charge in [-0.05, 0) is 11.6 Å². The van der Waals surface area contributed by atoms with Crippen LogP contribution < -0.4 is 0 Å². The van der Waals surface area contributed by atoms with Gasteiger partial charge in [-0.2, -0.15) is 0 Å². The number of aromatic nitrogens is 1. The zero-order valence-corrected chi connectivity index (χ0v) is 14.6. The Morgan fingerprint density at radius 1 is 1.08 bits per heavy atom. The highest BCUT2D eigenvalue weighted by Gasteiger charge is 2.20. The first-order valence-corrected chi connectivity index (χ1v) is 8.16. The van der Waals surface area contributed by atoms with Crippen molar-refractivity contribution in [1.29, 1.82) is 0 Å². The molecule has 132 valence electrons. The van der Waals surface area contributed by atoms with E-state index in [1.54, 1.807) is 0 Å². The van der Waals surface area contributed by atoms with Crippen molar-refractivity contribution in [1.82, 2.24) is 4.57 Å². The molecule has 1 aromatic heterocycles. The predicted molar refractivity (Wildman–Crippen MR) is 99.8 cm³/mol. The maximum atomic E-state index is 11.9. The average Bonchev–Trinajstić information content (AvgIpc) is 2.94. The van der Waals surface area contributed by atoms with Crippen LogP contribution in [0, 0.1) is 0 Å². The first-order chi connectivity index (χ1) is 12.5. The fourth-order valence-electron chi connectivity index (χ4n) is 3.08. The van der Waals surface area contributed by atoms with Gasteiger partial charge in [-0.3, -0.25) is 4.79 Å². The molecule has 5 heteroatoms. The highest BCUT2D eigenvalue weighted by molar-refractivity contribution is 6.39. The molecule has 0 fully saturated rings. The Labute approximate surface area is 151 Å². The van der Waals surface area contributed by atoms with Crippen LogP contribution >= 0.6 is 0 Å². The van der Waals surface area contributed by atoms with Crippen LogP contribution in [0.25, 0.3) is 16.7 Å². The predicted octanol–water partition coefficient (Wildman–Crippen LogP) is 3.41. The molecule has 0 amide bonds. The number of ether oxygens (including phenoxy) is 1. The van der Waals surface area contributed by atoms with Crippen LogP contribution in [-0.4, -0.2) is 28.5 Å². The lowest BCUT2D eigenvalue weighted by Gasteiger charge is -2.08. The summed E-state index contributed by atoms with van der Waals surface area (Å²) in [6.45, 7) is 0. The van der Waals surface area contributed by atoms with E-state index in [2.05, 4.69) is 4.74 Å². The second kappa shape index (κ2) is 7.27. The summed E-state index contributed by atoms with van der Waals surface area (Å²) in [5, 5.41) is 11.4. The number of rotatable bonds is 5. The largest absolute Gasteiger partial charge is 0.507 e. The van der Waals surface area contributed by atoms with E-state index in [1.165, 1.54) is 0 Å². The van der Waals surface area contributed by atoms with Gasteiger partial charge in [-0.1, -0.05) is 48.5 Å². The lowest BCUT2D eigenvalue weighted by atomic mass is 10.0. The summed E-state index contributed by atoms with van der Waals surface area (Å²) in [7, 11) is 3.05. The third-order valence-electron chi connectivity index (χ3n) is 4.35. The molecular weight excluding hydrogens is 330 g/mol. The molecular formula is C21H19NO4. The Morgan fingerprint density at radius 3 is 2.42 bits per heavy atom. The fourth-order valence-corrected chi connectivity index (χ4v) is 3.08. The molecule has 3 aromatic rings. The van der Waals surface area contributed by atoms with Gasteiger partial charge in [0.1, 0.15) is 5.76 Å². The average molecular weight is 349 g/mol. The van der Waals surface area contributed by atoms with Gasteiger partial charge in [-0.25, -0.2) is 4.79 Å². The van der Waals surface area contributed by atoms with Crippen molar-refractivity contribution in [2.75, 3.05) is 7.11 Å². The van der Waals surface area contributed by atoms with E-state index in [4.69, 9.17) is 0 Å². The summed E-state index contributed by atoms with van der Waals surface area (Å²) >= 11 is 0. The Kier molecular flexibility index (Phi) is 4.89. The Balaban J connectivity index is 2.16. The first-order valence-electron chi connectivity index (χ1n) is 8.16. The number of aliphatic hydroxyl groups is 1. The molecule has 0 aliphatic heterocycles. The summed E-state index contributed by atoms with van der Waals surface area (Å²) in [6.07, 6.45) is 1.49. The quantitative estimate of drug-likeness (QED) is 0.332. The van der Waals surface area contributed by atoms with Crippen molar-refractivity contribution in [2.24, 2.45) is 7.05 Å². The van der Waals surface area contributed by atoms with Crippen LogP contribution in [0.3, 0.4) is 0 Å². The fraction of sp³-hybridized carbons (Fsp3) is 0.143. The molecule has 0 bridgehead atoms. The smallest absolute Gasteiger partial charge is 0.378 e. The van der Waals surface area contributed by atoms with Gasteiger partial charge in [0.25, 0.3) is 5.78 Å². The summed E-state index contributed by atoms with van der Waals surface area (Å²) in [6, 6.07) is 17.5. The van der Waals surface area contributed by atoms with E-state index >= 15 is 0 Å². The summed E-state index contributed by atoms with van der Waals surface area (Å²) in [5.41, 5.74) is 3.40. The molecule has 0 aliphatic carbocycles. The number of nitrogens with zero attached hydrogens (tertiary/aromatic N) is 1. The van der Waals surface area contributed by atoms with Gasteiger partial charge < -0.3 is 14.4 Å². The summed E-state index contributed by atoms with van der Waals surface area (Å²) < 4.78 is 6.41. The minimum Gasteiger partial charge on any atom is -0.507 e. The number of esters is 1. The Bertz CT molecular complexity index is 1000. The molecule has 1 heterocycles. The van der Waals surface area contributed by atoms with Crippen LogP contribution in [0.5, 0.6) is 0 Å². The van der Waals surface area contributed by atoms with Crippen LogP contribution in [-0.2, 0) is 27.8 Å². The maximum Gasteiger partial charge on any atom is 0.378 e. The molecule has 0 atom stereocenters. The number of methoxy groups -OCH3 is 1. The zero-order valence-electron chi connectivity index (χ0n) is 14.6. The topological polar surface area (TPSA) is 68.5 Å². The van der Waals surface area contributed by atoms with Crippen LogP contribution in [0.1, 0.15) is 16.8 Å². The van der Waals surface area contributed by atoms with E-state index in [9.17, 15) is 14.7 Å². The van der Waals surface area contributed by atoms with Gasteiger partial charge in [-0.15, -0.1) is 0 Å². The maximum absolute atomic E-state index is 11.9. The molecule has 1 N–H and O–H groups in total. The number of carbonyl (C=O) groups is 2. The number of carbonyl (C=O) groups excluding carboxylic acids is 2. The van der Waals surface area contributed by atoms with E-state index in [1.807, 2.05) is 66.2 Å². The minimum atomic E-state index is -1.01. The first kappa shape index (κ1) is 17.5. The standard InChI is InChI=1S/C21H19NO4/c1-22-16-11-7-6-10-15(16)20(18(23)13-19(24)21(25)26-2)17(22)12-14-8-4-3-5-9-14/h3-11,13,23H,12H2,1-2H3/b18-13-. The van der Waals surface area contributed by atoms with Crippen molar-refractivity contribution in [3.05, 3.63) is 77.5 Å². The van der Waals surface area contributed by atoms with E-state index in [0.29, 0.717) is 12.0 Å². The van der Waals surface area contributed by atoms with E-state index < -0.39 is 11.8 Å². The SMILES string of the molecule is COC(=O)C(=O)/C=C(\O)c1c(Cc2ccccc2)n(C)c2ccccc12. The number of aryl methyl sites for hydroxylation is 1. The third kappa shape index (κ3) is 3.24. The van der Waals surface area contributed by atoms with E-state index in [-0.39, 0.29) is 5.76 Å². The summed E-state index contributed by atoms with van der Waals surface area (Å²) in [4.78, 5) is 23.2. The lowest BCUT2D eigenvalue weighted by molar-refractivity contribution is -0.149. The van der Waals surface area contributed by atoms with Crippen molar-refractivity contribution in [2.45, 2.75) is 6.42 Å². The Morgan fingerprint density at radius 2 is 1.73 bits per heavy atom. The molecule has 0 spiro atoms. The van der Waals surface area contributed by atoms with Gasteiger partial charge in [0.15, 0.2) is 0 Å². The number of ketones is 1. The van der Waals surface area contributed by atoms with Crippen molar-refractivity contribution in [3.63, 3.8) is 0 Å². The number of benzene rings is 2. The monoisotopic (exact) mass is 349 g/mol. The second-order valence-electron chi connectivity index (χ2n) is 5.95. The molecule has 0 aliphatic rings. The molecule has 2 aromatic carbocycles. The van der Waals surface area contributed by atoms with Gasteiger partial charge in [0.05, 0.1) is 7.11 Å². The third-order valence-corrected chi connectivity index (χ3v) is 4.35. The van der Waals surface area contributed by atoms with Crippen molar-refractivity contribution >= 4 is 28.4 Å². The molecule has 0 saturated heterocycles. The Hall–Kier alpha value is -3.34. The highest BCUT2D eigenvalue weighted by atomic mass is 16.5. The van der Waals surface area contributed by atoms with Gasteiger partial charge >= 0.3 is 5.97 Å². The lowest BCUT2D eigenvalue weighted by Crippen LogP contribution is -2.13. The summed E-state index contributed by atoms with van der Waals surface area (Å²) in [5.74, 6) is -2.16. The van der Waals surface area contributed by atoms with Crippen LogP contribution in [0.2, 0.25) is 0 Å². The highest BCUT2D eigenvalue weighted by Crippen LogP contribution is 2.31. The molecule has 3 rings (SSSR count).